The van der Waals surface area contributed by atoms with Gasteiger partial charge in [0.15, 0.2) is 0 Å². The van der Waals surface area contributed by atoms with Crippen LogP contribution in [0.25, 0.3) is 17.3 Å². The molecule has 2 aromatic carbocycles. The van der Waals surface area contributed by atoms with E-state index in [1.54, 1.807) is 13.1 Å². The maximum atomic E-state index is 12.4. The summed E-state index contributed by atoms with van der Waals surface area (Å²) in [7, 11) is -1.82. The Labute approximate surface area is 160 Å². The van der Waals surface area contributed by atoms with Crippen LogP contribution < -0.4 is 0 Å². The van der Waals surface area contributed by atoms with Gasteiger partial charge in [-0.1, -0.05) is 60.7 Å². The van der Waals surface area contributed by atoms with Gasteiger partial charge in [0.1, 0.15) is 0 Å². The highest BCUT2D eigenvalue weighted by Gasteiger charge is 2.14. The van der Waals surface area contributed by atoms with E-state index in [4.69, 9.17) is 0 Å². The van der Waals surface area contributed by atoms with Gasteiger partial charge in [0.2, 0.25) is 10.0 Å². The molecule has 0 fully saturated rings. The van der Waals surface area contributed by atoms with Crippen molar-refractivity contribution in [2.24, 2.45) is 0 Å². The third-order valence-corrected chi connectivity index (χ3v) is 5.82. The van der Waals surface area contributed by atoms with Crippen LogP contribution in [0.1, 0.15) is 17.7 Å². The molecule has 0 radical (unpaired) electrons. The van der Waals surface area contributed by atoms with E-state index >= 15 is 0 Å². The van der Waals surface area contributed by atoms with Gasteiger partial charge in [-0.3, -0.25) is 5.10 Å². The van der Waals surface area contributed by atoms with Crippen molar-refractivity contribution in [3.63, 3.8) is 0 Å². The van der Waals surface area contributed by atoms with Crippen LogP contribution in [0.3, 0.4) is 0 Å². The third-order valence-electron chi connectivity index (χ3n) is 4.29. The summed E-state index contributed by atoms with van der Waals surface area (Å²) in [5, 5.41) is 8.62. The number of aromatic nitrogens is 2. The Bertz CT molecular complexity index is 981. The predicted octanol–water partition coefficient (Wildman–Crippen LogP) is 3.94. The van der Waals surface area contributed by atoms with Crippen molar-refractivity contribution < 1.29 is 8.42 Å². The lowest BCUT2D eigenvalue weighted by Gasteiger charge is -2.14. The quantitative estimate of drug-likeness (QED) is 0.643. The lowest BCUT2D eigenvalue weighted by Crippen LogP contribution is -2.26. The van der Waals surface area contributed by atoms with E-state index in [1.165, 1.54) is 9.71 Å². The zero-order valence-corrected chi connectivity index (χ0v) is 16.1. The molecule has 5 nitrogen and oxygen atoms in total. The van der Waals surface area contributed by atoms with Crippen molar-refractivity contribution in [3.8, 4) is 11.3 Å². The fraction of sp³-hybridized carbons (Fsp3) is 0.190. The maximum Gasteiger partial charge on any atom is 0.235 e. The fourth-order valence-corrected chi connectivity index (χ4v) is 3.62. The van der Waals surface area contributed by atoms with Crippen molar-refractivity contribution >= 4 is 16.1 Å². The number of hydrogen-bond acceptors (Lipinski definition) is 3. The van der Waals surface area contributed by atoms with E-state index in [0.717, 1.165) is 28.9 Å². The minimum absolute atomic E-state index is 0.446. The van der Waals surface area contributed by atoms with Gasteiger partial charge in [0.05, 0.1) is 5.69 Å². The minimum atomic E-state index is -3.42. The van der Waals surface area contributed by atoms with E-state index in [-0.39, 0.29) is 0 Å². The molecule has 0 aliphatic rings. The number of nitrogens with zero attached hydrogens (tertiary/aromatic N) is 2. The molecule has 0 bridgehead atoms. The first-order chi connectivity index (χ1) is 13.0. The van der Waals surface area contributed by atoms with Crippen LogP contribution in [0.4, 0.5) is 0 Å². The van der Waals surface area contributed by atoms with E-state index in [1.807, 2.05) is 66.7 Å². The van der Waals surface area contributed by atoms with E-state index in [2.05, 4.69) is 10.2 Å². The van der Waals surface area contributed by atoms with Gasteiger partial charge in [0, 0.05) is 30.3 Å². The van der Waals surface area contributed by atoms with Gasteiger partial charge in [-0.05, 0) is 30.5 Å². The van der Waals surface area contributed by atoms with E-state index < -0.39 is 10.0 Å². The Hall–Kier alpha value is -2.70. The van der Waals surface area contributed by atoms with Gasteiger partial charge >= 0.3 is 0 Å². The lowest BCUT2D eigenvalue weighted by atomic mass is 10.1. The smallest absolute Gasteiger partial charge is 0.235 e. The first kappa shape index (κ1) is 19.1. The molecular weight excluding hydrogens is 358 g/mol. The van der Waals surface area contributed by atoms with Crippen molar-refractivity contribution in [1.82, 2.24) is 14.5 Å². The van der Waals surface area contributed by atoms with E-state index in [0.29, 0.717) is 13.0 Å². The van der Waals surface area contributed by atoms with Crippen molar-refractivity contribution in [2.75, 3.05) is 13.6 Å². The molecule has 27 heavy (non-hydrogen) atoms. The summed E-state index contributed by atoms with van der Waals surface area (Å²) in [5.41, 5.74) is 3.82. The number of hydrogen-bond donors (Lipinski definition) is 1. The molecule has 3 rings (SSSR count). The largest absolute Gasteiger partial charge is 0.282 e. The average Bonchev–Trinajstić information content (AvgIpc) is 3.17. The molecular formula is C21H23N3O2S. The molecule has 0 saturated heterocycles. The first-order valence-corrected chi connectivity index (χ1v) is 10.3. The number of H-pyrrole nitrogens is 1. The van der Waals surface area contributed by atoms with Gasteiger partial charge in [0.25, 0.3) is 0 Å². The van der Waals surface area contributed by atoms with Crippen LogP contribution in [0.5, 0.6) is 0 Å². The molecule has 0 saturated carbocycles. The molecule has 0 aliphatic carbocycles. The summed E-state index contributed by atoms with van der Waals surface area (Å²) in [6.07, 6.45) is 3.07. The Balaban J connectivity index is 1.52. The molecule has 0 unspecified atom stereocenters. The highest BCUT2D eigenvalue weighted by atomic mass is 32.2. The van der Waals surface area contributed by atoms with Gasteiger partial charge in [-0.15, -0.1) is 0 Å². The summed E-state index contributed by atoms with van der Waals surface area (Å²) < 4.78 is 26.1. The molecule has 0 aliphatic heterocycles. The van der Waals surface area contributed by atoms with Crippen LogP contribution in [0.2, 0.25) is 0 Å². The summed E-state index contributed by atoms with van der Waals surface area (Å²) >= 11 is 0. The SMILES string of the molecule is CN(CCCc1cc(-c2ccccc2)n[nH]1)S(=O)(=O)/C=C/c1ccccc1. The summed E-state index contributed by atoms with van der Waals surface area (Å²) in [6, 6.07) is 21.4. The monoisotopic (exact) mass is 381 g/mol. The number of aryl methyl sites for hydroxylation is 1. The second-order valence-corrected chi connectivity index (χ2v) is 8.25. The zero-order chi connectivity index (χ0) is 19.1. The minimum Gasteiger partial charge on any atom is -0.282 e. The molecule has 3 aromatic rings. The molecule has 1 aromatic heterocycles. The second-order valence-electron chi connectivity index (χ2n) is 6.33. The highest BCUT2D eigenvalue weighted by Crippen LogP contribution is 2.17. The van der Waals surface area contributed by atoms with Crippen LogP contribution in [0, 0.1) is 0 Å². The van der Waals surface area contributed by atoms with Gasteiger partial charge in [-0.25, -0.2) is 12.7 Å². The Morgan fingerprint density at radius 3 is 2.41 bits per heavy atom. The Morgan fingerprint density at radius 2 is 1.70 bits per heavy atom. The summed E-state index contributed by atoms with van der Waals surface area (Å²) in [4.78, 5) is 0. The number of nitrogens with one attached hydrogen (secondary N) is 1. The predicted molar refractivity (Wildman–Crippen MR) is 109 cm³/mol. The molecule has 1 N–H and O–H groups in total. The van der Waals surface area contributed by atoms with Crippen LogP contribution in [0.15, 0.2) is 72.1 Å². The Kier molecular flexibility index (Phi) is 6.21. The normalized spacial score (nSPS) is 12.1. The molecule has 6 heteroatoms. The number of sulfonamides is 1. The van der Waals surface area contributed by atoms with Crippen molar-refractivity contribution in [1.29, 1.82) is 0 Å². The highest BCUT2D eigenvalue weighted by molar-refractivity contribution is 7.92. The van der Waals surface area contributed by atoms with Gasteiger partial charge < -0.3 is 0 Å². The third kappa shape index (κ3) is 5.39. The molecule has 0 amide bonds. The maximum absolute atomic E-state index is 12.4. The summed E-state index contributed by atoms with van der Waals surface area (Å²) in [6.45, 7) is 0.446. The van der Waals surface area contributed by atoms with Crippen LogP contribution in [-0.4, -0.2) is 36.5 Å². The number of rotatable bonds is 8. The number of aromatic amines is 1. The van der Waals surface area contributed by atoms with Gasteiger partial charge in [-0.2, -0.15) is 5.10 Å². The number of benzene rings is 2. The topological polar surface area (TPSA) is 66.1 Å². The standard InChI is InChI=1S/C21H23N3O2S/c1-24(27(25,26)16-14-18-9-4-2-5-10-18)15-8-13-20-17-21(23-22-20)19-11-6-3-7-12-19/h2-7,9-12,14,16-17H,8,13,15H2,1H3,(H,22,23)/b16-14+. The Morgan fingerprint density at radius 1 is 1.04 bits per heavy atom. The van der Waals surface area contributed by atoms with E-state index in [9.17, 15) is 8.42 Å². The molecule has 0 atom stereocenters. The van der Waals surface area contributed by atoms with Crippen LogP contribution in [-0.2, 0) is 16.4 Å². The molecule has 1 heterocycles. The fourth-order valence-electron chi connectivity index (χ4n) is 2.70. The van der Waals surface area contributed by atoms with Crippen LogP contribution >= 0.6 is 0 Å². The second kappa shape index (κ2) is 8.79. The summed E-state index contributed by atoms with van der Waals surface area (Å²) in [5.74, 6) is 0. The zero-order valence-electron chi connectivity index (χ0n) is 15.2. The molecule has 0 spiro atoms. The average molecular weight is 382 g/mol. The van der Waals surface area contributed by atoms with Crippen molar-refractivity contribution in [3.05, 3.63) is 83.4 Å². The van der Waals surface area contributed by atoms with Crippen molar-refractivity contribution in [2.45, 2.75) is 12.8 Å². The molecule has 140 valence electrons. The lowest BCUT2D eigenvalue weighted by molar-refractivity contribution is 0.468. The first-order valence-electron chi connectivity index (χ1n) is 8.84.